The van der Waals surface area contributed by atoms with Gasteiger partial charge in [0.15, 0.2) is 0 Å². The van der Waals surface area contributed by atoms with Crippen molar-refractivity contribution in [2.45, 2.75) is 19.4 Å². The van der Waals surface area contributed by atoms with Crippen LogP contribution in [-0.4, -0.2) is 47.6 Å². The van der Waals surface area contributed by atoms with Crippen LogP contribution < -0.4 is 4.90 Å². The third-order valence-corrected chi connectivity index (χ3v) is 3.25. The van der Waals surface area contributed by atoms with Gasteiger partial charge in [-0.25, -0.2) is 4.98 Å². The summed E-state index contributed by atoms with van der Waals surface area (Å²) < 4.78 is 0. The molecule has 0 saturated carbocycles. The topological polar surface area (TPSA) is 56.7 Å². The van der Waals surface area contributed by atoms with Crippen molar-refractivity contribution in [3.8, 4) is 0 Å². The lowest BCUT2D eigenvalue weighted by molar-refractivity contribution is -0.127. The summed E-state index contributed by atoms with van der Waals surface area (Å²) in [5.41, 5.74) is 0.824. The standard InChI is InChI=1S/C13H19N3O2/c1-10(17)11-4-5-14-12(8-11)16-7-3-6-15(2)13(18)9-16/h4-5,8,10,17H,3,6-7,9H2,1-2H3. The zero-order valence-electron chi connectivity index (χ0n) is 10.8. The Hall–Kier alpha value is -1.62. The predicted octanol–water partition coefficient (Wildman–Crippen LogP) is 0.803. The van der Waals surface area contributed by atoms with Gasteiger partial charge in [-0.1, -0.05) is 0 Å². The van der Waals surface area contributed by atoms with Crippen LogP contribution in [0.4, 0.5) is 5.82 Å². The van der Waals surface area contributed by atoms with Gasteiger partial charge >= 0.3 is 0 Å². The predicted molar refractivity (Wildman–Crippen MR) is 69.3 cm³/mol. The summed E-state index contributed by atoms with van der Waals surface area (Å²) in [6, 6.07) is 3.64. The van der Waals surface area contributed by atoms with E-state index in [0.717, 1.165) is 30.9 Å². The lowest BCUT2D eigenvalue weighted by Gasteiger charge is -2.21. The van der Waals surface area contributed by atoms with Crippen molar-refractivity contribution >= 4 is 11.7 Å². The van der Waals surface area contributed by atoms with Crippen molar-refractivity contribution in [2.75, 3.05) is 31.6 Å². The highest BCUT2D eigenvalue weighted by Gasteiger charge is 2.20. The zero-order valence-corrected chi connectivity index (χ0v) is 10.8. The van der Waals surface area contributed by atoms with Crippen molar-refractivity contribution in [1.29, 1.82) is 0 Å². The summed E-state index contributed by atoms with van der Waals surface area (Å²) in [4.78, 5) is 19.8. The maximum absolute atomic E-state index is 11.8. The molecule has 1 aliphatic rings. The monoisotopic (exact) mass is 249 g/mol. The highest BCUT2D eigenvalue weighted by atomic mass is 16.3. The molecule has 1 atom stereocenters. The molecule has 1 saturated heterocycles. The number of nitrogens with zero attached hydrogens (tertiary/aromatic N) is 3. The molecule has 18 heavy (non-hydrogen) atoms. The highest BCUT2D eigenvalue weighted by Crippen LogP contribution is 2.19. The molecular formula is C13H19N3O2. The number of hydrogen-bond acceptors (Lipinski definition) is 4. The number of hydrogen-bond donors (Lipinski definition) is 1. The molecule has 0 aliphatic carbocycles. The van der Waals surface area contributed by atoms with Crippen LogP contribution in [0.15, 0.2) is 18.3 Å². The number of likely N-dealkylation sites (N-methyl/N-ethyl adjacent to an activating group) is 1. The molecule has 2 heterocycles. The minimum absolute atomic E-state index is 0.108. The third kappa shape index (κ3) is 2.79. The zero-order chi connectivity index (χ0) is 13.1. The van der Waals surface area contributed by atoms with E-state index in [0.29, 0.717) is 6.54 Å². The molecule has 0 bridgehead atoms. The summed E-state index contributed by atoms with van der Waals surface area (Å²) in [5, 5.41) is 9.57. The first-order valence-electron chi connectivity index (χ1n) is 6.21. The van der Waals surface area contributed by atoms with Gasteiger partial charge in [0.25, 0.3) is 0 Å². The number of rotatable bonds is 2. The maximum Gasteiger partial charge on any atom is 0.241 e. The van der Waals surface area contributed by atoms with Gasteiger partial charge < -0.3 is 14.9 Å². The van der Waals surface area contributed by atoms with Crippen LogP contribution in [0.1, 0.15) is 25.0 Å². The van der Waals surface area contributed by atoms with Crippen LogP contribution in [0.5, 0.6) is 0 Å². The molecule has 5 nitrogen and oxygen atoms in total. The quantitative estimate of drug-likeness (QED) is 0.842. The van der Waals surface area contributed by atoms with E-state index >= 15 is 0 Å². The van der Waals surface area contributed by atoms with Gasteiger partial charge in [0.1, 0.15) is 5.82 Å². The minimum atomic E-state index is -0.517. The molecule has 2 rings (SSSR count). The molecule has 1 aliphatic heterocycles. The summed E-state index contributed by atoms with van der Waals surface area (Å²) in [5.74, 6) is 0.869. The van der Waals surface area contributed by atoms with Crippen molar-refractivity contribution in [2.24, 2.45) is 0 Å². The number of amides is 1. The number of aliphatic hydroxyl groups is 1. The van der Waals surface area contributed by atoms with Crippen LogP contribution in [-0.2, 0) is 4.79 Å². The minimum Gasteiger partial charge on any atom is -0.389 e. The van der Waals surface area contributed by atoms with Crippen LogP contribution >= 0.6 is 0 Å². The number of carbonyl (C=O) groups is 1. The van der Waals surface area contributed by atoms with E-state index in [2.05, 4.69) is 4.98 Å². The number of carbonyl (C=O) groups excluding carboxylic acids is 1. The molecule has 0 radical (unpaired) electrons. The van der Waals surface area contributed by atoms with Crippen molar-refractivity contribution in [3.63, 3.8) is 0 Å². The van der Waals surface area contributed by atoms with Crippen LogP contribution in [0, 0.1) is 0 Å². The second-order valence-corrected chi connectivity index (χ2v) is 4.71. The normalized spacial score (nSPS) is 18.7. The van der Waals surface area contributed by atoms with Crippen LogP contribution in [0.25, 0.3) is 0 Å². The first-order chi connectivity index (χ1) is 8.58. The Morgan fingerprint density at radius 3 is 2.94 bits per heavy atom. The maximum atomic E-state index is 11.8. The Bertz CT molecular complexity index is 434. The molecule has 1 aromatic heterocycles. The van der Waals surface area contributed by atoms with E-state index < -0.39 is 6.10 Å². The summed E-state index contributed by atoms with van der Waals surface area (Å²) in [7, 11) is 1.82. The van der Waals surface area contributed by atoms with Crippen molar-refractivity contribution in [1.82, 2.24) is 9.88 Å². The van der Waals surface area contributed by atoms with E-state index in [-0.39, 0.29) is 5.91 Å². The van der Waals surface area contributed by atoms with Crippen LogP contribution in [0.2, 0.25) is 0 Å². The Balaban J connectivity index is 2.20. The fourth-order valence-electron chi connectivity index (χ4n) is 2.05. The summed E-state index contributed by atoms with van der Waals surface area (Å²) in [6.07, 6.45) is 2.09. The molecule has 1 amide bonds. The molecule has 98 valence electrons. The molecule has 1 unspecified atom stereocenters. The summed E-state index contributed by atoms with van der Waals surface area (Å²) >= 11 is 0. The average Bonchev–Trinajstić information content (AvgIpc) is 2.52. The van der Waals surface area contributed by atoms with E-state index in [1.807, 2.05) is 18.0 Å². The molecule has 1 N–H and O–H groups in total. The molecule has 1 aromatic rings. The lowest BCUT2D eigenvalue weighted by atomic mass is 10.1. The first-order valence-corrected chi connectivity index (χ1v) is 6.21. The average molecular weight is 249 g/mol. The van der Waals surface area contributed by atoms with E-state index in [9.17, 15) is 9.90 Å². The number of aromatic nitrogens is 1. The second kappa shape index (κ2) is 5.35. The number of anilines is 1. The van der Waals surface area contributed by atoms with Gasteiger partial charge in [-0.15, -0.1) is 0 Å². The highest BCUT2D eigenvalue weighted by molar-refractivity contribution is 5.81. The smallest absolute Gasteiger partial charge is 0.241 e. The van der Waals surface area contributed by atoms with Gasteiger partial charge in [-0.2, -0.15) is 0 Å². The lowest BCUT2D eigenvalue weighted by Crippen LogP contribution is -2.34. The largest absolute Gasteiger partial charge is 0.389 e. The fourth-order valence-corrected chi connectivity index (χ4v) is 2.05. The number of aliphatic hydroxyl groups excluding tert-OH is 1. The molecule has 1 fully saturated rings. The van der Waals surface area contributed by atoms with Crippen molar-refractivity contribution < 1.29 is 9.90 Å². The Kier molecular flexibility index (Phi) is 3.81. The van der Waals surface area contributed by atoms with E-state index in [4.69, 9.17) is 0 Å². The number of pyridine rings is 1. The van der Waals surface area contributed by atoms with Gasteiger partial charge in [-0.05, 0) is 31.0 Å². The fraction of sp³-hybridized carbons (Fsp3) is 0.538. The Morgan fingerprint density at radius 2 is 2.22 bits per heavy atom. The molecule has 5 heteroatoms. The van der Waals surface area contributed by atoms with Gasteiger partial charge in [0.2, 0.25) is 5.91 Å². The molecule has 0 spiro atoms. The Labute approximate surface area is 107 Å². The van der Waals surface area contributed by atoms with Gasteiger partial charge in [0.05, 0.1) is 12.6 Å². The van der Waals surface area contributed by atoms with Crippen molar-refractivity contribution in [3.05, 3.63) is 23.9 Å². The Morgan fingerprint density at radius 1 is 1.44 bits per heavy atom. The summed E-state index contributed by atoms with van der Waals surface area (Å²) in [6.45, 7) is 3.67. The van der Waals surface area contributed by atoms with Gasteiger partial charge in [0, 0.05) is 26.3 Å². The second-order valence-electron chi connectivity index (χ2n) is 4.71. The van der Waals surface area contributed by atoms with E-state index in [1.165, 1.54) is 0 Å². The SMILES string of the molecule is CC(O)c1ccnc(N2CCCN(C)C(=O)C2)c1. The first kappa shape index (κ1) is 12.8. The molecule has 0 aromatic carbocycles. The third-order valence-electron chi connectivity index (χ3n) is 3.25. The molecular weight excluding hydrogens is 230 g/mol. The van der Waals surface area contributed by atoms with E-state index in [1.54, 1.807) is 24.1 Å². The van der Waals surface area contributed by atoms with Crippen LogP contribution in [0.3, 0.4) is 0 Å². The van der Waals surface area contributed by atoms with Gasteiger partial charge in [-0.3, -0.25) is 4.79 Å².